The summed E-state index contributed by atoms with van der Waals surface area (Å²) < 4.78 is 0. The van der Waals surface area contributed by atoms with Crippen molar-refractivity contribution in [3.63, 3.8) is 0 Å². The molecule has 1 aromatic carbocycles. The molecule has 2 saturated heterocycles. The molecule has 0 aliphatic carbocycles. The van der Waals surface area contributed by atoms with Gasteiger partial charge in [0.15, 0.2) is 0 Å². The fourth-order valence-corrected chi connectivity index (χ4v) is 3.49. The standard InChI is InChI=1S/C15H20N2O2/c1-2-11-4-3-5-14(15(11)19)17-12-6-7-13(17)9-16(8-12)10-18/h3-5,10,12-13,19H,2,6-9H2,1H3. The Balaban J connectivity index is 1.93. The topological polar surface area (TPSA) is 43.8 Å². The van der Waals surface area contributed by atoms with E-state index in [1.165, 1.54) is 0 Å². The van der Waals surface area contributed by atoms with Crippen LogP contribution >= 0.6 is 0 Å². The molecule has 2 atom stereocenters. The number of nitrogens with zero attached hydrogens (tertiary/aromatic N) is 2. The third kappa shape index (κ3) is 1.95. The maximum Gasteiger partial charge on any atom is 0.209 e. The fourth-order valence-electron chi connectivity index (χ4n) is 3.49. The third-order valence-corrected chi connectivity index (χ3v) is 4.42. The Kier molecular flexibility index (Phi) is 3.09. The van der Waals surface area contributed by atoms with Gasteiger partial charge in [0.05, 0.1) is 5.69 Å². The van der Waals surface area contributed by atoms with Gasteiger partial charge < -0.3 is 14.9 Å². The van der Waals surface area contributed by atoms with E-state index in [0.29, 0.717) is 17.8 Å². The van der Waals surface area contributed by atoms with Crippen LogP contribution in [0.5, 0.6) is 5.75 Å². The average molecular weight is 260 g/mol. The van der Waals surface area contributed by atoms with E-state index in [-0.39, 0.29) is 0 Å². The molecule has 0 spiro atoms. The van der Waals surface area contributed by atoms with E-state index in [4.69, 9.17) is 0 Å². The number of phenolic OH excluding ortho intramolecular Hbond substituents is 1. The van der Waals surface area contributed by atoms with Gasteiger partial charge >= 0.3 is 0 Å². The number of hydrogen-bond acceptors (Lipinski definition) is 3. The maximum absolute atomic E-state index is 10.9. The number of amides is 1. The molecule has 2 heterocycles. The molecule has 2 unspecified atom stereocenters. The molecule has 1 aromatic rings. The third-order valence-electron chi connectivity index (χ3n) is 4.42. The van der Waals surface area contributed by atoms with Gasteiger partial charge in [0, 0.05) is 25.2 Å². The van der Waals surface area contributed by atoms with Crippen LogP contribution in [0.1, 0.15) is 25.3 Å². The van der Waals surface area contributed by atoms with Gasteiger partial charge in [-0.1, -0.05) is 19.1 Å². The number of piperazine rings is 1. The van der Waals surface area contributed by atoms with Crippen LogP contribution in [-0.4, -0.2) is 41.6 Å². The van der Waals surface area contributed by atoms with Crippen LogP contribution in [0.15, 0.2) is 18.2 Å². The molecule has 0 aromatic heterocycles. The molecule has 3 rings (SSSR count). The predicted octanol–water partition coefficient (Wildman–Crippen LogP) is 1.76. The van der Waals surface area contributed by atoms with Crippen molar-refractivity contribution >= 4 is 12.1 Å². The number of fused-ring (bicyclic) bond motifs is 2. The van der Waals surface area contributed by atoms with Gasteiger partial charge in [0.2, 0.25) is 6.41 Å². The largest absolute Gasteiger partial charge is 0.505 e. The lowest BCUT2D eigenvalue weighted by Crippen LogP contribution is -2.53. The van der Waals surface area contributed by atoms with Gasteiger partial charge in [0.1, 0.15) is 5.75 Å². The number of aryl methyl sites for hydroxylation is 1. The first-order valence-corrected chi connectivity index (χ1v) is 7.03. The van der Waals surface area contributed by atoms with Crippen LogP contribution in [0.4, 0.5) is 5.69 Å². The number of rotatable bonds is 3. The Morgan fingerprint density at radius 2 is 2.00 bits per heavy atom. The van der Waals surface area contributed by atoms with E-state index in [1.54, 1.807) is 0 Å². The molecular weight excluding hydrogens is 240 g/mol. The average Bonchev–Trinajstić information content (AvgIpc) is 2.69. The smallest absolute Gasteiger partial charge is 0.209 e. The van der Waals surface area contributed by atoms with Crippen LogP contribution in [0, 0.1) is 0 Å². The highest BCUT2D eigenvalue weighted by Gasteiger charge is 2.40. The molecule has 1 N–H and O–H groups in total. The van der Waals surface area contributed by atoms with Crippen LogP contribution in [0.25, 0.3) is 0 Å². The Morgan fingerprint density at radius 3 is 2.58 bits per heavy atom. The maximum atomic E-state index is 10.9. The summed E-state index contributed by atoms with van der Waals surface area (Å²) in [6.07, 6.45) is 3.99. The van der Waals surface area contributed by atoms with Crippen LogP contribution < -0.4 is 4.90 Å². The molecule has 1 amide bonds. The quantitative estimate of drug-likeness (QED) is 0.842. The molecule has 2 bridgehead atoms. The molecule has 0 saturated carbocycles. The molecule has 2 aliphatic heterocycles. The van der Waals surface area contributed by atoms with Crippen LogP contribution in [0.3, 0.4) is 0 Å². The lowest BCUT2D eigenvalue weighted by Gasteiger charge is -2.41. The van der Waals surface area contributed by atoms with Crippen molar-refractivity contribution in [1.29, 1.82) is 0 Å². The summed E-state index contributed by atoms with van der Waals surface area (Å²) in [5, 5.41) is 10.4. The number of aromatic hydroxyl groups is 1. The van der Waals surface area contributed by atoms with Crippen molar-refractivity contribution in [1.82, 2.24) is 4.90 Å². The number of hydrogen-bond donors (Lipinski definition) is 1. The van der Waals surface area contributed by atoms with E-state index >= 15 is 0 Å². The van der Waals surface area contributed by atoms with Gasteiger partial charge in [-0.25, -0.2) is 0 Å². The number of anilines is 1. The van der Waals surface area contributed by atoms with Crippen molar-refractivity contribution in [2.45, 2.75) is 38.3 Å². The Labute approximate surface area is 113 Å². The summed E-state index contributed by atoms with van der Waals surface area (Å²) in [5.41, 5.74) is 1.94. The molecular formula is C15H20N2O2. The lowest BCUT2D eigenvalue weighted by atomic mass is 10.1. The van der Waals surface area contributed by atoms with Crippen molar-refractivity contribution < 1.29 is 9.90 Å². The lowest BCUT2D eigenvalue weighted by molar-refractivity contribution is -0.119. The Hall–Kier alpha value is -1.71. The zero-order chi connectivity index (χ0) is 13.4. The molecule has 4 heteroatoms. The summed E-state index contributed by atoms with van der Waals surface area (Å²) in [5.74, 6) is 0.418. The van der Waals surface area contributed by atoms with Crippen LogP contribution in [0.2, 0.25) is 0 Å². The summed E-state index contributed by atoms with van der Waals surface area (Å²) in [4.78, 5) is 15.1. The van der Waals surface area contributed by atoms with Gasteiger partial charge in [-0.05, 0) is 30.9 Å². The first-order valence-electron chi connectivity index (χ1n) is 7.03. The van der Waals surface area contributed by atoms with Gasteiger partial charge in [-0.2, -0.15) is 0 Å². The first-order chi connectivity index (χ1) is 9.24. The molecule has 2 fully saturated rings. The van der Waals surface area contributed by atoms with E-state index in [9.17, 15) is 9.90 Å². The summed E-state index contributed by atoms with van der Waals surface area (Å²) >= 11 is 0. The first kappa shape index (κ1) is 12.3. The summed E-state index contributed by atoms with van der Waals surface area (Å²) in [6, 6.07) is 6.68. The molecule has 0 radical (unpaired) electrons. The minimum Gasteiger partial charge on any atom is -0.505 e. The molecule has 19 heavy (non-hydrogen) atoms. The summed E-state index contributed by atoms with van der Waals surface area (Å²) in [6.45, 7) is 3.60. The van der Waals surface area contributed by atoms with E-state index in [1.807, 2.05) is 23.1 Å². The van der Waals surface area contributed by atoms with E-state index in [0.717, 1.165) is 50.0 Å². The number of phenols is 1. The second kappa shape index (κ2) is 4.76. The second-order valence-electron chi connectivity index (χ2n) is 5.49. The fraction of sp³-hybridized carbons (Fsp3) is 0.533. The SMILES string of the molecule is CCc1cccc(N2C3CCC2CN(C=O)C3)c1O. The second-order valence-corrected chi connectivity index (χ2v) is 5.49. The van der Waals surface area contributed by atoms with Crippen molar-refractivity contribution in [2.24, 2.45) is 0 Å². The molecule has 102 valence electrons. The van der Waals surface area contributed by atoms with E-state index in [2.05, 4.69) is 11.8 Å². The highest BCUT2D eigenvalue weighted by molar-refractivity contribution is 5.64. The number of carbonyl (C=O) groups excluding carboxylic acids is 1. The van der Waals surface area contributed by atoms with Gasteiger partial charge in [-0.15, -0.1) is 0 Å². The van der Waals surface area contributed by atoms with Crippen LogP contribution in [-0.2, 0) is 11.2 Å². The van der Waals surface area contributed by atoms with Gasteiger partial charge in [-0.3, -0.25) is 4.79 Å². The minimum absolute atomic E-state index is 0.349. The zero-order valence-corrected chi connectivity index (χ0v) is 11.2. The minimum atomic E-state index is 0.349. The Bertz CT molecular complexity index is 475. The monoisotopic (exact) mass is 260 g/mol. The molecule has 4 nitrogen and oxygen atoms in total. The van der Waals surface area contributed by atoms with Crippen molar-refractivity contribution in [3.05, 3.63) is 23.8 Å². The predicted molar refractivity (Wildman–Crippen MR) is 74.4 cm³/mol. The number of benzene rings is 1. The Morgan fingerprint density at radius 1 is 1.32 bits per heavy atom. The number of likely N-dealkylation sites (tertiary alicyclic amines) is 1. The number of carbonyl (C=O) groups is 1. The molecule has 2 aliphatic rings. The van der Waals surface area contributed by atoms with Gasteiger partial charge in [0.25, 0.3) is 0 Å². The zero-order valence-electron chi connectivity index (χ0n) is 11.2. The van der Waals surface area contributed by atoms with Crippen molar-refractivity contribution in [3.8, 4) is 5.75 Å². The number of para-hydroxylation sites is 1. The van der Waals surface area contributed by atoms with E-state index < -0.39 is 0 Å². The normalized spacial score (nSPS) is 25.7. The summed E-state index contributed by atoms with van der Waals surface area (Å²) in [7, 11) is 0. The highest BCUT2D eigenvalue weighted by atomic mass is 16.3. The highest BCUT2D eigenvalue weighted by Crippen LogP contribution is 2.40. The van der Waals surface area contributed by atoms with Crippen molar-refractivity contribution in [2.75, 3.05) is 18.0 Å².